The molecule has 0 radical (unpaired) electrons. The molecule has 76 valence electrons. The maximum absolute atomic E-state index is 13.6. The van der Waals surface area contributed by atoms with E-state index in [-0.39, 0.29) is 0 Å². The molecule has 1 fully saturated rings. The van der Waals surface area contributed by atoms with E-state index in [4.69, 9.17) is 0 Å². The number of hydrogen-bond acceptors (Lipinski definition) is 0. The van der Waals surface area contributed by atoms with Crippen LogP contribution in [0.1, 0.15) is 37.8 Å². The van der Waals surface area contributed by atoms with Crippen molar-refractivity contribution in [2.24, 2.45) is 5.92 Å². The number of hydrogen-bond donors (Lipinski definition) is 0. The largest absolute Gasteiger partial charge is 0.239 e. The molecule has 0 amide bonds. The van der Waals surface area contributed by atoms with Crippen molar-refractivity contribution in [2.45, 2.75) is 38.8 Å². The molecule has 0 saturated heterocycles. The summed E-state index contributed by atoms with van der Waals surface area (Å²) < 4.78 is 13.6. The van der Waals surface area contributed by atoms with Crippen LogP contribution in [0.25, 0.3) is 0 Å². The van der Waals surface area contributed by atoms with Crippen LogP contribution in [-0.2, 0) is 12.1 Å². The van der Waals surface area contributed by atoms with Crippen molar-refractivity contribution in [3.05, 3.63) is 35.4 Å². The van der Waals surface area contributed by atoms with Crippen LogP contribution in [0.2, 0.25) is 0 Å². The first-order valence-corrected chi connectivity index (χ1v) is 5.38. The van der Waals surface area contributed by atoms with E-state index in [1.54, 1.807) is 0 Å². The lowest BCUT2D eigenvalue weighted by atomic mass is 10.00. The molecule has 1 aliphatic rings. The summed E-state index contributed by atoms with van der Waals surface area (Å²) in [4.78, 5) is 0. The summed E-state index contributed by atoms with van der Waals surface area (Å²) in [5, 5.41) is 0. The highest BCUT2D eigenvalue weighted by Crippen LogP contribution is 2.49. The lowest BCUT2D eigenvalue weighted by molar-refractivity contribution is 0.317. The summed E-state index contributed by atoms with van der Waals surface area (Å²) in [5.74, 6) is 0.668. The van der Waals surface area contributed by atoms with Crippen LogP contribution in [0, 0.1) is 5.92 Å². The Morgan fingerprint density at radius 2 is 1.79 bits per heavy atom. The van der Waals surface area contributed by atoms with Gasteiger partial charge in [0.15, 0.2) is 0 Å². The van der Waals surface area contributed by atoms with Crippen molar-refractivity contribution in [3.63, 3.8) is 0 Å². The Hall–Kier alpha value is -0.850. The first kappa shape index (κ1) is 9.70. The van der Waals surface area contributed by atoms with Crippen LogP contribution < -0.4 is 0 Å². The Kier molecular flexibility index (Phi) is 2.34. The van der Waals surface area contributed by atoms with Crippen molar-refractivity contribution in [1.29, 1.82) is 0 Å². The van der Waals surface area contributed by atoms with Gasteiger partial charge in [-0.25, -0.2) is 4.39 Å². The van der Waals surface area contributed by atoms with Gasteiger partial charge in [0.25, 0.3) is 0 Å². The summed E-state index contributed by atoms with van der Waals surface area (Å²) in [7, 11) is 0. The van der Waals surface area contributed by atoms with Gasteiger partial charge in [-0.2, -0.15) is 0 Å². The van der Waals surface area contributed by atoms with Crippen molar-refractivity contribution < 1.29 is 4.39 Å². The van der Waals surface area contributed by atoms with Crippen molar-refractivity contribution >= 4 is 0 Å². The minimum Gasteiger partial charge on any atom is -0.239 e. The molecule has 1 aromatic carbocycles. The highest BCUT2D eigenvalue weighted by atomic mass is 19.1. The zero-order valence-electron chi connectivity index (χ0n) is 8.89. The molecular formula is C13H17F. The number of halogens is 1. The summed E-state index contributed by atoms with van der Waals surface area (Å²) in [6, 6.07) is 8.03. The van der Waals surface area contributed by atoms with Crippen LogP contribution >= 0.6 is 0 Å². The molecule has 1 saturated carbocycles. The summed E-state index contributed by atoms with van der Waals surface area (Å²) in [6.07, 6.45) is 2.49. The zero-order valence-corrected chi connectivity index (χ0v) is 8.89. The average Bonchev–Trinajstić information content (AvgIpc) is 2.85. The quantitative estimate of drug-likeness (QED) is 0.682. The van der Waals surface area contributed by atoms with Gasteiger partial charge in [-0.05, 0) is 36.3 Å². The second-order valence-corrected chi connectivity index (χ2v) is 4.76. The minimum absolute atomic E-state index is 0.668. The van der Waals surface area contributed by atoms with Crippen LogP contribution in [0.5, 0.6) is 0 Å². The Balaban J connectivity index is 2.10. The number of rotatable bonds is 3. The summed E-state index contributed by atoms with van der Waals surface area (Å²) in [5.41, 5.74) is 1.20. The predicted molar refractivity (Wildman–Crippen MR) is 57.0 cm³/mol. The van der Waals surface area contributed by atoms with E-state index in [0.717, 1.165) is 12.0 Å². The van der Waals surface area contributed by atoms with Crippen LogP contribution in [-0.4, -0.2) is 0 Å². The van der Waals surface area contributed by atoms with Crippen molar-refractivity contribution in [1.82, 2.24) is 0 Å². The Bertz CT molecular complexity index is 307. The maximum Gasteiger partial charge on any atom is 0.136 e. The predicted octanol–water partition coefficient (Wildman–Crippen LogP) is 3.84. The second kappa shape index (κ2) is 3.38. The monoisotopic (exact) mass is 192 g/mol. The molecule has 0 aromatic heterocycles. The van der Waals surface area contributed by atoms with E-state index in [2.05, 4.69) is 26.0 Å². The molecule has 0 unspecified atom stereocenters. The molecule has 0 atom stereocenters. The molecule has 0 N–H and O–H groups in total. The molecule has 1 heteroatoms. The Labute approximate surface area is 85.1 Å². The smallest absolute Gasteiger partial charge is 0.136 e. The van der Waals surface area contributed by atoms with Gasteiger partial charge in [0.2, 0.25) is 0 Å². The molecule has 0 bridgehead atoms. The lowest BCUT2D eigenvalue weighted by Gasteiger charge is -2.08. The van der Waals surface area contributed by atoms with E-state index >= 15 is 0 Å². The molecule has 2 rings (SSSR count). The molecule has 0 spiro atoms. The number of alkyl halides is 1. The van der Waals surface area contributed by atoms with E-state index in [1.807, 2.05) is 12.1 Å². The summed E-state index contributed by atoms with van der Waals surface area (Å²) in [6.45, 7) is 4.40. The third kappa shape index (κ3) is 1.97. The van der Waals surface area contributed by atoms with Gasteiger partial charge in [-0.15, -0.1) is 0 Å². The normalized spacial score (nSPS) is 18.6. The highest BCUT2D eigenvalue weighted by Gasteiger charge is 2.44. The van der Waals surface area contributed by atoms with E-state index in [9.17, 15) is 4.39 Å². The molecule has 1 aliphatic carbocycles. The van der Waals surface area contributed by atoms with E-state index in [0.29, 0.717) is 18.8 Å². The fourth-order valence-corrected chi connectivity index (χ4v) is 1.81. The van der Waals surface area contributed by atoms with Gasteiger partial charge in [0.05, 0.1) is 0 Å². The SMILES string of the molecule is CC(C)Cc1ccc(C2(F)CC2)cc1. The lowest BCUT2D eigenvalue weighted by Crippen LogP contribution is -1.99. The molecule has 14 heavy (non-hydrogen) atoms. The van der Waals surface area contributed by atoms with Crippen molar-refractivity contribution in [2.75, 3.05) is 0 Å². The third-order valence-corrected chi connectivity index (χ3v) is 2.80. The van der Waals surface area contributed by atoms with Crippen LogP contribution in [0.3, 0.4) is 0 Å². The topological polar surface area (TPSA) is 0 Å². The van der Waals surface area contributed by atoms with Gasteiger partial charge in [-0.3, -0.25) is 0 Å². The number of benzene rings is 1. The van der Waals surface area contributed by atoms with E-state index in [1.165, 1.54) is 5.56 Å². The fraction of sp³-hybridized carbons (Fsp3) is 0.538. The van der Waals surface area contributed by atoms with Crippen LogP contribution in [0.4, 0.5) is 4.39 Å². The average molecular weight is 192 g/mol. The molecule has 0 nitrogen and oxygen atoms in total. The van der Waals surface area contributed by atoms with Crippen molar-refractivity contribution in [3.8, 4) is 0 Å². The van der Waals surface area contributed by atoms with Gasteiger partial charge < -0.3 is 0 Å². The molecule has 1 aromatic rings. The van der Waals surface area contributed by atoms with E-state index < -0.39 is 5.67 Å². The first-order valence-electron chi connectivity index (χ1n) is 5.38. The van der Waals surface area contributed by atoms with Gasteiger partial charge >= 0.3 is 0 Å². The minimum atomic E-state index is -0.976. The highest BCUT2D eigenvalue weighted by molar-refractivity contribution is 5.30. The fourth-order valence-electron chi connectivity index (χ4n) is 1.81. The maximum atomic E-state index is 13.6. The molecule has 0 aliphatic heterocycles. The van der Waals surface area contributed by atoms with Gasteiger partial charge in [-0.1, -0.05) is 38.1 Å². The Morgan fingerprint density at radius 3 is 2.21 bits per heavy atom. The zero-order chi connectivity index (χ0) is 10.2. The van der Waals surface area contributed by atoms with Crippen LogP contribution in [0.15, 0.2) is 24.3 Å². The summed E-state index contributed by atoms with van der Waals surface area (Å²) >= 11 is 0. The standard InChI is InChI=1S/C13H17F/c1-10(2)9-11-3-5-12(6-4-11)13(14)7-8-13/h3-6,10H,7-9H2,1-2H3. The van der Waals surface area contributed by atoms with Gasteiger partial charge in [0.1, 0.15) is 5.67 Å². The Morgan fingerprint density at radius 1 is 1.21 bits per heavy atom. The van der Waals surface area contributed by atoms with Gasteiger partial charge in [0, 0.05) is 0 Å². The molecular weight excluding hydrogens is 175 g/mol. The first-order chi connectivity index (χ1) is 6.60. The second-order valence-electron chi connectivity index (χ2n) is 4.76. The third-order valence-electron chi connectivity index (χ3n) is 2.80. The molecule has 0 heterocycles.